The minimum Gasteiger partial charge on any atom is -0.455 e. The van der Waals surface area contributed by atoms with Crippen LogP contribution in [0.3, 0.4) is 0 Å². The van der Waals surface area contributed by atoms with E-state index in [2.05, 4.69) is 190 Å². The van der Waals surface area contributed by atoms with Gasteiger partial charge in [0.25, 0.3) is 0 Å². The second-order valence-corrected chi connectivity index (χ2v) is 21.9. The first-order valence-corrected chi connectivity index (χ1v) is 23.4. The molecule has 296 valence electrons. The zero-order chi connectivity index (χ0) is 41.6. The molecule has 2 aliphatic heterocycles. The zero-order valence-electron chi connectivity index (χ0n) is 35.5. The van der Waals surface area contributed by atoms with Crippen molar-refractivity contribution in [1.82, 2.24) is 4.57 Å². The monoisotopic (exact) mass is 832 g/mol. The number of para-hydroxylation sites is 1. The molecule has 0 unspecified atom stereocenters. The van der Waals surface area contributed by atoms with Crippen LogP contribution in [0.1, 0.15) is 52.7 Å². The van der Waals surface area contributed by atoms with Gasteiger partial charge in [0.2, 0.25) is 0 Å². The first-order valence-electron chi connectivity index (χ1n) is 21.8. The van der Waals surface area contributed by atoms with Crippen LogP contribution in [-0.4, -0.2) is 11.4 Å². The Morgan fingerprint density at radius 1 is 0.500 bits per heavy atom. The molecule has 6 heteroatoms. The fourth-order valence-electron chi connectivity index (χ4n) is 11.0. The van der Waals surface area contributed by atoms with Crippen molar-refractivity contribution in [3.05, 3.63) is 151 Å². The molecule has 8 aromatic carbocycles. The van der Waals surface area contributed by atoms with E-state index in [1.165, 1.54) is 112 Å². The predicted molar refractivity (Wildman–Crippen MR) is 270 cm³/mol. The maximum Gasteiger partial charge on any atom is 0.333 e. The predicted octanol–water partition coefficient (Wildman–Crippen LogP) is 15.3. The second-order valence-electron chi connectivity index (χ2n) is 19.7. The van der Waals surface area contributed by atoms with Gasteiger partial charge in [0.1, 0.15) is 11.2 Å². The molecule has 0 atom stereocenters. The molecule has 0 N–H and O–H groups in total. The van der Waals surface area contributed by atoms with Gasteiger partial charge in [-0.3, -0.25) is 0 Å². The third-order valence-electron chi connectivity index (χ3n) is 14.1. The van der Waals surface area contributed by atoms with E-state index in [4.69, 9.17) is 4.42 Å². The van der Waals surface area contributed by atoms with Crippen LogP contribution in [0, 0.1) is 0 Å². The van der Waals surface area contributed by atoms with Gasteiger partial charge in [-0.15, -0.1) is 22.7 Å². The van der Waals surface area contributed by atoms with Crippen molar-refractivity contribution in [2.24, 2.45) is 0 Å². The molecule has 62 heavy (non-hydrogen) atoms. The summed E-state index contributed by atoms with van der Waals surface area (Å²) in [6, 6.07) is 53.5. The highest BCUT2D eigenvalue weighted by Crippen LogP contribution is 2.51. The molecule has 4 aromatic heterocycles. The van der Waals surface area contributed by atoms with Gasteiger partial charge in [-0.2, -0.15) is 0 Å². The van der Waals surface area contributed by atoms with E-state index in [-0.39, 0.29) is 17.7 Å². The van der Waals surface area contributed by atoms with Gasteiger partial charge >= 0.3 is 6.85 Å². The summed E-state index contributed by atoms with van der Waals surface area (Å²) in [5, 5.41) is 10.0. The van der Waals surface area contributed by atoms with Crippen molar-refractivity contribution in [2.75, 3.05) is 4.81 Å². The molecule has 0 aliphatic carbocycles. The maximum atomic E-state index is 6.86. The largest absolute Gasteiger partial charge is 0.455 e. The average molecular weight is 833 g/mol. The number of thiophene rings is 2. The third-order valence-corrected chi connectivity index (χ3v) is 16.3. The number of nitrogens with zero attached hydrogens (tertiary/aromatic N) is 2. The molecule has 0 saturated carbocycles. The fourth-order valence-corrected chi connectivity index (χ4v) is 13.3. The quantitative estimate of drug-likeness (QED) is 0.154. The number of furan rings is 1. The summed E-state index contributed by atoms with van der Waals surface area (Å²) in [5.74, 6) is 0. The van der Waals surface area contributed by atoms with Crippen LogP contribution in [0.2, 0.25) is 0 Å². The van der Waals surface area contributed by atoms with Crippen molar-refractivity contribution in [1.29, 1.82) is 0 Å². The van der Waals surface area contributed by atoms with Gasteiger partial charge < -0.3 is 13.8 Å². The maximum absolute atomic E-state index is 6.86. The first kappa shape index (κ1) is 35.3. The van der Waals surface area contributed by atoms with Crippen molar-refractivity contribution < 1.29 is 4.42 Å². The Kier molecular flexibility index (Phi) is 6.70. The first-order chi connectivity index (χ1) is 30.0. The highest BCUT2D eigenvalue weighted by atomic mass is 32.1. The van der Waals surface area contributed by atoms with Gasteiger partial charge in [0.15, 0.2) is 0 Å². The number of anilines is 2. The second kappa shape index (κ2) is 11.8. The Morgan fingerprint density at radius 3 is 1.95 bits per heavy atom. The number of hydrogen-bond donors (Lipinski definition) is 0. The minimum atomic E-state index is -0.0795. The van der Waals surface area contributed by atoms with E-state index >= 15 is 0 Å². The van der Waals surface area contributed by atoms with Gasteiger partial charge in [-0.1, -0.05) is 114 Å². The lowest BCUT2D eigenvalue weighted by molar-refractivity contribution is 0.590. The van der Waals surface area contributed by atoms with E-state index in [0.717, 1.165) is 21.9 Å². The summed E-state index contributed by atoms with van der Waals surface area (Å²) in [6.07, 6.45) is 0. The highest BCUT2D eigenvalue weighted by molar-refractivity contribution is 7.26. The normalized spacial score (nSPS) is 13.9. The molecule has 2 aliphatic rings. The molecule has 0 radical (unpaired) electrons. The van der Waals surface area contributed by atoms with E-state index in [1.54, 1.807) is 0 Å². The van der Waals surface area contributed by atoms with Crippen molar-refractivity contribution in [3.63, 3.8) is 0 Å². The van der Waals surface area contributed by atoms with Gasteiger partial charge in [-0.05, 0) is 105 Å². The molecule has 12 aromatic rings. The molecule has 0 amide bonds. The van der Waals surface area contributed by atoms with Crippen LogP contribution in [0.25, 0.3) is 101 Å². The molecule has 3 nitrogen and oxygen atoms in total. The lowest BCUT2D eigenvalue weighted by atomic mass is 9.44. The molecule has 0 saturated heterocycles. The van der Waals surface area contributed by atoms with Gasteiger partial charge in [0.05, 0.1) is 16.4 Å². The Labute approximate surface area is 367 Å². The summed E-state index contributed by atoms with van der Waals surface area (Å²) in [5.41, 5.74) is 16.1. The van der Waals surface area contributed by atoms with E-state index in [1.807, 2.05) is 22.7 Å². The topological polar surface area (TPSA) is 21.3 Å². The van der Waals surface area contributed by atoms with Crippen molar-refractivity contribution >= 4 is 136 Å². The van der Waals surface area contributed by atoms with Crippen molar-refractivity contribution in [3.8, 4) is 16.8 Å². The van der Waals surface area contributed by atoms with Crippen LogP contribution < -0.4 is 15.7 Å². The number of rotatable bonds is 1. The van der Waals surface area contributed by atoms with E-state index in [9.17, 15) is 0 Å². The van der Waals surface area contributed by atoms with Gasteiger partial charge in [0, 0.05) is 79.1 Å². The molecule has 6 heterocycles. The average Bonchev–Trinajstić information content (AvgIpc) is 4.02. The summed E-state index contributed by atoms with van der Waals surface area (Å²) >= 11 is 3.83. The molecule has 0 bridgehead atoms. The molecule has 14 rings (SSSR count). The number of hydrogen-bond acceptors (Lipinski definition) is 4. The van der Waals surface area contributed by atoms with Crippen molar-refractivity contribution in [2.45, 2.75) is 52.4 Å². The zero-order valence-corrected chi connectivity index (χ0v) is 37.1. The number of benzene rings is 8. The Balaban J connectivity index is 1.16. The smallest absolute Gasteiger partial charge is 0.333 e. The molecular formula is C56H41BN2OS2. The van der Waals surface area contributed by atoms with Crippen LogP contribution in [0.15, 0.2) is 144 Å². The Morgan fingerprint density at radius 2 is 1.15 bits per heavy atom. The number of fused-ring (bicyclic) bond motifs is 18. The number of aromatic nitrogens is 1. The van der Waals surface area contributed by atoms with Gasteiger partial charge in [-0.25, -0.2) is 0 Å². The summed E-state index contributed by atoms with van der Waals surface area (Å²) < 4.78 is 14.8. The SMILES string of the molecule is CC(C)(C)c1ccc(N2B3c4cc5sc6ccccc6c5cc4-n4c5ccc6c7ccccc7oc6c5c5ccc(c3c54)-c3cc4sc5cc(C(C)(C)C)ccc5c4cc32)cc1. The Hall–Kier alpha value is -6.34. The lowest BCUT2D eigenvalue weighted by Crippen LogP contribution is -2.60. The fraction of sp³-hybridized carbons (Fsp3) is 0.143. The highest BCUT2D eigenvalue weighted by Gasteiger charge is 2.45. The summed E-state index contributed by atoms with van der Waals surface area (Å²) in [6.45, 7) is 13.8. The summed E-state index contributed by atoms with van der Waals surface area (Å²) in [4.78, 5) is 2.69. The van der Waals surface area contributed by atoms with Crippen LogP contribution in [0.4, 0.5) is 11.4 Å². The standard InChI is InChI=1S/C56H41BN2OS2/c1-55(2,3)30-15-18-32(19-16-30)59-44-26-40-35-20-17-31(56(4,5)6)25-48(35)62-49(40)28-39(44)36-21-22-38-51-43(24-23-37-33-11-7-9-13-46(33)60-54(37)51)58-45-27-41-34-12-8-10-14-47(34)61-50(41)29-42(45)57(59)52(36)53(38)58/h7-29H,1-6H3. The lowest BCUT2D eigenvalue weighted by Gasteiger charge is -2.42. The molecule has 0 spiro atoms. The minimum absolute atomic E-state index is 0.0396. The third kappa shape index (κ3) is 4.56. The summed E-state index contributed by atoms with van der Waals surface area (Å²) in [7, 11) is 0. The molecule has 0 fully saturated rings. The van der Waals surface area contributed by atoms with Crippen LogP contribution >= 0.6 is 22.7 Å². The molecular weight excluding hydrogens is 792 g/mol. The Bertz CT molecular complexity index is 3960. The van der Waals surface area contributed by atoms with Crippen LogP contribution in [-0.2, 0) is 10.8 Å². The van der Waals surface area contributed by atoms with E-state index < -0.39 is 0 Å². The van der Waals surface area contributed by atoms with E-state index in [0.29, 0.717) is 0 Å². The van der Waals surface area contributed by atoms with Crippen LogP contribution in [0.5, 0.6) is 0 Å².